The molecule has 0 spiro atoms. The first-order valence-corrected chi connectivity index (χ1v) is 8.94. The highest BCUT2D eigenvalue weighted by Gasteiger charge is 2.33. The monoisotopic (exact) mass is 336 g/mol. The maximum atomic E-state index is 12.8. The molecular formula is C22H24O3. The van der Waals surface area contributed by atoms with E-state index in [4.69, 9.17) is 4.74 Å². The molecule has 3 heteroatoms. The molecule has 0 aromatic heterocycles. The van der Waals surface area contributed by atoms with Gasteiger partial charge in [0.1, 0.15) is 11.5 Å². The fraction of sp³-hybridized carbons (Fsp3) is 0.364. The van der Waals surface area contributed by atoms with E-state index in [2.05, 4.69) is 0 Å². The van der Waals surface area contributed by atoms with Crippen LogP contribution in [0, 0.1) is 5.92 Å². The molecular weight excluding hydrogens is 312 g/mol. The van der Waals surface area contributed by atoms with Gasteiger partial charge in [-0.25, -0.2) is 0 Å². The van der Waals surface area contributed by atoms with Gasteiger partial charge in [0.25, 0.3) is 0 Å². The summed E-state index contributed by atoms with van der Waals surface area (Å²) < 4.78 is 5.34. The van der Waals surface area contributed by atoms with Crippen LogP contribution in [0.2, 0.25) is 0 Å². The quantitative estimate of drug-likeness (QED) is 0.711. The highest BCUT2D eigenvalue weighted by molar-refractivity contribution is 5.97. The summed E-state index contributed by atoms with van der Waals surface area (Å²) in [4.78, 5) is 25.3. The normalized spacial score (nSPS) is 18.6. The Morgan fingerprint density at radius 2 is 1.92 bits per heavy atom. The molecule has 25 heavy (non-hydrogen) atoms. The third-order valence-electron chi connectivity index (χ3n) is 5.11. The zero-order chi connectivity index (χ0) is 17.6. The lowest BCUT2D eigenvalue weighted by Gasteiger charge is -2.29. The van der Waals surface area contributed by atoms with Crippen molar-refractivity contribution in [1.29, 1.82) is 0 Å². The fourth-order valence-corrected chi connectivity index (χ4v) is 3.74. The predicted molar refractivity (Wildman–Crippen MR) is 98.1 cm³/mol. The van der Waals surface area contributed by atoms with Crippen LogP contribution in [-0.2, 0) is 4.79 Å². The molecule has 0 aliphatic heterocycles. The molecule has 3 rings (SSSR count). The summed E-state index contributed by atoms with van der Waals surface area (Å²) in [5.74, 6) is 0.980. The number of methoxy groups -OCH3 is 1. The molecule has 1 aliphatic rings. The number of Topliss-reactive ketones (excluding diaryl/α,β-unsaturated/α-hetero) is 2. The number of carbonyl (C=O) groups excluding carboxylic acids is 2. The molecule has 2 aromatic carbocycles. The van der Waals surface area contributed by atoms with E-state index < -0.39 is 0 Å². The number of ether oxygens (including phenoxy) is 1. The largest absolute Gasteiger partial charge is 0.497 e. The smallest absolute Gasteiger partial charge is 0.163 e. The average molecular weight is 336 g/mol. The number of benzene rings is 2. The van der Waals surface area contributed by atoms with Crippen molar-refractivity contribution in [2.24, 2.45) is 5.92 Å². The molecule has 1 fully saturated rings. The molecule has 130 valence electrons. The van der Waals surface area contributed by atoms with Crippen molar-refractivity contribution in [1.82, 2.24) is 0 Å². The lowest BCUT2D eigenvalue weighted by molar-refractivity contribution is -0.125. The Balaban J connectivity index is 1.90. The summed E-state index contributed by atoms with van der Waals surface area (Å²) in [6.45, 7) is 0. The maximum Gasteiger partial charge on any atom is 0.163 e. The van der Waals surface area contributed by atoms with Crippen LogP contribution in [0.1, 0.15) is 53.9 Å². The van der Waals surface area contributed by atoms with Crippen LogP contribution < -0.4 is 4.74 Å². The van der Waals surface area contributed by atoms with Gasteiger partial charge in [0.15, 0.2) is 5.78 Å². The molecule has 2 aromatic rings. The predicted octanol–water partition coefficient (Wildman–Crippen LogP) is 4.81. The van der Waals surface area contributed by atoms with Gasteiger partial charge in [0, 0.05) is 30.2 Å². The van der Waals surface area contributed by atoms with Gasteiger partial charge in [-0.2, -0.15) is 0 Å². The number of carbonyl (C=O) groups is 2. The van der Waals surface area contributed by atoms with Gasteiger partial charge in [-0.15, -0.1) is 0 Å². The van der Waals surface area contributed by atoms with Crippen molar-refractivity contribution in [3.8, 4) is 5.75 Å². The molecule has 0 amide bonds. The maximum absolute atomic E-state index is 12.8. The van der Waals surface area contributed by atoms with Gasteiger partial charge < -0.3 is 4.74 Å². The van der Waals surface area contributed by atoms with Crippen molar-refractivity contribution < 1.29 is 14.3 Å². The Labute approximate surface area is 149 Å². The second kappa shape index (κ2) is 8.11. The van der Waals surface area contributed by atoms with Crippen molar-refractivity contribution in [2.45, 2.75) is 38.0 Å². The molecule has 1 saturated carbocycles. The summed E-state index contributed by atoms with van der Waals surface area (Å²) in [5, 5.41) is 0. The minimum absolute atomic E-state index is 0.0754. The topological polar surface area (TPSA) is 43.4 Å². The number of ketones is 2. The van der Waals surface area contributed by atoms with E-state index in [1.807, 2.05) is 54.6 Å². The van der Waals surface area contributed by atoms with Gasteiger partial charge in [-0.1, -0.05) is 48.9 Å². The summed E-state index contributed by atoms with van der Waals surface area (Å²) in [6.07, 6.45) is 3.87. The lowest BCUT2D eigenvalue weighted by Crippen LogP contribution is -2.27. The first-order valence-electron chi connectivity index (χ1n) is 8.94. The van der Waals surface area contributed by atoms with E-state index in [1.54, 1.807) is 7.11 Å². The van der Waals surface area contributed by atoms with Crippen LogP contribution in [0.5, 0.6) is 5.75 Å². The fourth-order valence-electron chi connectivity index (χ4n) is 3.74. The van der Waals surface area contributed by atoms with E-state index in [9.17, 15) is 9.59 Å². The number of hydrogen-bond acceptors (Lipinski definition) is 3. The van der Waals surface area contributed by atoms with Crippen molar-refractivity contribution in [3.63, 3.8) is 0 Å². The molecule has 0 N–H and O–H groups in total. The number of hydrogen-bond donors (Lipinski definition) is 0. The summed E-state index contributed by atoms with van der Waals surface area (Å²) >= 11 is 0. The van der Waals surface area contributed by atoms with Crippen LogP contribution in [0.25, 0.3) is 0 Å². The first kappa shape index (κ1) is 17.4. The Kier molecular flexibility index (Phi) is 5.64. The first-order chi connectivity index (χ1) is 12.2. The Bertz CT molecular complexity index is 736. The molecule has 3 nitrogen and oxygen atoms in total. The Morgan fingerprint density at radius 1 is 1.12 bits per heavy atom. The molecule has 1 aliphatic carbocycles. The second-order valence-electron chi connectivity index (χ2n) is 6.70. The van der Waals surface area contributed by atoms with Crippen molar-refractivity contribution >= 4 is 11.6 Å². The molecule has 0 saturated heterocycles. The Morgan fingerprint density at radius 3 is 2.64 bits per heavy atom. The number of rotatable bonds is 6. The highest BCUT2D eigenvalue weighted by Crippen LogP contribution is 2.38. The molecule has 0 bridgehead atoms. The summed E-state index contributed by atoms with van der Waals surface area (Å²) in [7, 11) is 1.63. The molecule has 0 radical (unpaired) electrons. The van der Waals surface area contributed by atoms with Crippen molar-refractivity contribution in [3.05, 3.63) is 65.7 Å². The van der Waals surface area contributed by atoms with Gasteiger partial charge >= 0.3 is 0 Å². The van der Waals surface area contributed by atoms with Crippen LogP contribution in [0.4, 0.5) is 0 Å². The van der Waals surface area contributed by atoms with E-state index >= 15 is 0 Å². The van der Waals surface area contributed by atoms with E-state index in [1.165, 1.54) is 0 Å². The minimum Gasteiger partial charge on any atom is -0.497 e. The van der Waals surface area contributed by atoms with E-state index in [-0.39, 0.29) is 17.6 Å². The van der Waals surface area contributed by atoms with E-state index in [0.717, 1.165) is 30.6 Å². The summed E-state index contributed by atoms with van der Waals surface area (Å²) in [5.41, 5.74) is 1.72. The zero-order valence-corrected chi connectivity index (χ0v) is 14.6. The van der Waals surface area contributed by atoms with Crippen LogP contribution in [-0.4, -0.2) is 18.7 Å². The standard InChI is InChI=1S/C22H24O3/c1-25-18-11-7-10-17(14-18)20(19-12-5-6-13-21(19)23)15-22(24)16-8-3-2-4-9-16/h2-4,7-11,14,19-20H,5-6,12-13,15H2,1H3/t19-,20+/m1/s1. The minimum atomic E-state index is -0.0874. The molecule has 0 heterocycles. The average Bonchev–Trinajstić information content (AvgIpc) is 2.67. The van der Waals surface area contributed by atoms with Crippen molar-refractivity contribution in [2.75, 3.05) is 7.11 Å². The molecule has 2 atom stereocenters. The third kappa shape index (κ3) is 4.16. The zero-order valence-electron chi connectivity index (χ0n) is 14.6. The van der Waals surface area contributed by atoms with E-state index in [0.29, 0.717) is 24.2 Å². The van der Waals surface area contributed by atoms with Crippen LogP contribution in [0.3, 0.4) is 0 Å². The second-order valence-corrected chi connectivity index (χ2v) is 6.70. The molecule has 0 unspecified atom stereocenters. The van der Waals surface area contributed by atoms with Gasteiger partial charge in [-0.3, -0.25) is 9.59 Å². The lowest BCUT2D eigenvalue weighted by atomic mass is 9.73. The van der Waals surface area contributed by atoms with Gasteiger partial charge in [0.05, 0.1) is 7.11 Å². The van der Waals surface area contributed by atoms with Crippen LogP contribution in [0.15, 0.2) is 54.6 Å². The van der Waals surface area contributed by atoms with Gasteiger partial charge in [-0.05, 0) is 30.5 Å². The SMILES string of the molecule is COc1cccc([C@H](CC(=O)c2ccccc2)[C@H]2CCCCC2=O)c1. The Hall–Kier alpha value is -2.42. The third-order valence-corrected chi connectivity index (χ3v) is 5.11. The summed E-state index contributed by atoms with van der Waals surface area (Å²) in [6, 6.07) is 17.1. The van der Waals surface area contributed by atoms with Gasteiger partial charge in [0.2, 0.25) is 0 Å². The van der Waals surface area contributed by atoms with Crippen LogP contribution >= 0.6 is 0 Å². The highest BCUT2D eigenvalue weighted by atomic mass is 16.5.